The zero-order chi connectivity index (χ0) is 10.6. The topological polar surface area (TPSA) is 55.1 Å². The zero-order valence-corrected chi connectivity index (χ0v) is 9.02. The molecule has 0 aliphatic carbocycles. The van der Waals surface area contributed by atoms with Gasteiger partial charge in [0.15, 0.2) is 0 Å². The Hall–Kier alpha value is -1.03. The number of carbonyl (C=O) groups excluding carboxylic acids is 1. The van der Waals surface area contributed by atoms with E-state index in [1.54, 1.807) is 0 Å². The van der Waals surface area contributed by atoms with Gasteiger partial charge in [0, 0.05) is 18.5 Å². The number of amides is 1. The van der Waals surface area contributed by atoms with Crippen molar-refractivity contribution in [2.45, 2.75) is 26.8 Å². The number of halogens is 1. The molecule has 4 nitrogen and oxygen atoms in total. The monoisotopic (exact) mass is 216 g/mol. The molecule has 0 aliphatic rings. The summed E-state index contributed by atoms with van der Waals surface area (Å²) in [7, 11) is 0. The molecule has 5 heteroatoms. The van der Waals surface area contributed by atoms with Crippen molar-refractivity contribution in [2.75, 3.05) is 5.88 Å². The Labute approximate surface area is 87.6 Å². The molecule has 0 atom stereocenters. The van der Waals surface area contributed by atoms with Crippen LogP contribution in [0, 0.1) is 6.92 Å². The molecule has 0 aromatic carbocycles. The predicted molar refractivity (Wildman–Crippen MR) is 53.2 cm³/mol. The Morgan fingerprint density at radius 2 is 2.36 bits per heavy atom. The highest BCUT2D eigenvalue weighted by Gasteiger charge is 2.11. The Bertz CT molecular complexity index is 323. The fourth-order valence-electron chi connectivity index (χ4n) is 1.17. The minimum atomic E-state index is -0.186. The van der Waals surface area contributed by atoms with E-state index >= 15 is 0 Å². The molecule has 0 bridgehead atoms. The van der Waals surface area contributed by atoms with Crippen LogP contribution in [0.4, 0.5) is 0 Å². The van der Waals surface area contributed by atoms with Crippen LogP contribution in [0.15, 0.2) is 4.52 Å². The van der Waals surface area contributed by atoms with E-state index in [-0.39, 0.29) is 11.8 Å². The fourth-order valence-corrected chi connectivity index (χ4v) is 1.27. The van der Waals surface area contributed by atoms with Crippen molar-refractivity contribution in [1.82, 2.24) is 10.5 Å². The minimum absolute atomic E-state index is 0.0220. The number of nitrogens with one attached hydrogen (secondary N) is 1. The summed E-state index contributed by atoms with van der Waals surface area (Å²) in [5.74, 6) is 0.609. The second-order valence-electron chi connectivity index (χ2n) is 2.93. The molecule has 0 saturated carbocycles. The van der Waals surface area contributed by atoms with Gasteiger partial charge in [-0.2, -0.15) is 0 Å². The molecule has 0 fully saturated rings. The van der Waals surface area contributed by atoms with E-state index in [9.17, 15) is 4.79 Å². The SMILES string of the molecule is CCc1onc(C)c1CNC(=O)CCl. The Morgan fingerprint density at radius 1 is 1.64 bits per heavy atom. The molecule has 1 rings (SSSR count). The van der Waals surface area contributed by atoms with E-state index in [0.29, 0.717) is 6.54 Å². The first kappa shape index (κ1) is 11.0. The van der Waals surface area contributed by atoms with E-state index in [1.807, 2.05) is 13.8 Å². The lowest BCUT2D eigenvalue weighted by atomic mass is 10.1. The number of hydrogen-bond acceptors (Lipinski definition) is 3. The lowest BCUT2D eigenvalue weighted by Crippen LogP contribution is -2.24. The summed E-state index contributed by atoms with van der Waals surface area (Å²) in [6.45, 7) is 4.27. The smallest absolute Gasteiger partial charge is 0.235 e. The van der Waals surface area contributed by atoms with Crippen molar-refractivity contribution < 1.29 is 9.32 Å². The summed E-state index contributed by atoms with van der Waals surface area (Å²) in [6.07, 6.45) is 0.771. The first-order valence-corrected chi connectivity index (χ1v) is 4.99. The van der Waals surface area contributed by atoms with Crippen LogP contribution in [0.2, 0.25) is 0 Å². The van der Waals surface area contributed by atoms with E-state index in [0.717, 1.165) is 23.4 Å². The molecule has 1 aromatic rings. The zero-order valence-electron chi connectivity index (χ0n) is 8.26. The van der Waals surface area contributed by atoms with Crippen molar-refractivity contribution in [2.24, 2.45) is 0 Å². The summed E-state index contributed by atoms with van der Waals surface area (Å²) >= 11 is 5.35. The molecule has 14 heavy (non-hydrogen) atoms. The van der Waals surface area contributed by atoms with Gasteiger partial charge >= 0.3 is 0 Å². The van der Waals surface area contributed by atoms with Gasteiger partial charge in [-0.3, -0.25) is 4.79 Å². The van der Waals surface area contributed by atoms with Crippen molar-refractivity contribution in [3.63, 3.8) is 0 Å². The largest absolute Gasteiger partial charge is 0.361 e. The fraction of sp³-hybridized carbons (Fsp3) is 0.556. The number of hydrogen-bond donors (Lipinski definition) is 1. The quantitative estimate of drug-likeness (QED) is 0.775. The molecule has 0 saturated heterocycles. The average molecular weight is 217 g/mol. The van der Waals surface area contributed by atoms with Crippen LogP contribution < -0.4 is 5.32 Å². The summed E-state index contributed by atoms with van der Waals surface area (Å²) in [4.78, 5) is 10.9. The molecule has 1 aromatic heterocycles. The van der Waals surface area contributed by atoms with Gasteiger partial charge in [0.05, 0.1) is 5.69 Å². The van der Waals surface area contributed by atoms with Crippen LogP contribution >= 0.6 is 11.6 Å². The lowest BCUT2D eigenvalue weighted by Gasteiger charge is -2.02. The molecule has 0 spiro atoms. The molecule has 0 radical (unpaired) electrons. The summed E-state index contributed by atoms with van der Waals surface area (Å²) < 4.78 is 5.08. The first-order valence-electron chi connectivity index (χ1n) is 4.45. The third kappa shape index (κ3) is 2.48. The Morgan fingerprint density at radius 3 is 2.93 bits per heavy atom. The van der Waals surface area contributed by atoms with Gasteiger partial charge in [-0.15, -0.1) is 11.6 Å². The van der Waals surface area contributed by atoms with Crippen molar-refractivity contribution >= 4 is 17.5 Å². The molecule has 0 aliphatic heterocycles. The lowest BCUT2D eigenvalue weighted by molar-refractivity contribution is -0.118. The molecular weight excluding hydrogens is 204 g/mol. The minimum Gasteiger partial charge on any atom is -0.361 e. The highest BCUT2D eigenvalue weighted by molar-refractivity contribution is 6.27. The molecule has 0 unspecified atom stereocenters. The van der Waals surface area contributed by atoms with Crippen molar-refractivity contribution in [3.8, 4) is 0 Å². The molecular formula is C9H13ClN2O2. The maximum absolute atomic E-state index is 10.9. The van der Waals surface area contributed by atoms with Crippen LogP contribution in [-0.2, 0) is 17.8 Å². The van der Waals surface area contributed by atoms with Crippen molar-refractivity contribution in [3.05, 3.63) is 17.0 Å². The van der Waals surface area contributed by atoms with Crippen LogP contribution in [0.5, 0.6) is 0 Å². The number of alkyl halides is 1. The van der Waals surface area contributed by atoms with Gasteiger partial charge in [-0.05, 0) is 6.92 Å². The molecule has 78 valence electrons. The van der Waals surface area contributed by atoms with E-state index in [1.165, 1.54) is 0 Å². The summed E-state index contributed by atoms with van der Waals surface area (Å²) in [6, 6.07) is 0. The predicted octanol–water partition coefficient (Wildman–Crippen LogP) is 1.40. The van der Waals surface area contributed by atoms with E-state index in [4.69, 9.17) is 16.1 Å². The van der Waals surface area contributed by atoms with Gasteiger partial charge in [0.1, 0.15) is 11.6 Å². The van der Waals surface area contributed by atoms with Gasteiger partial charge < -0.3 is 9.84 Å². The van der Waals surface area contributed by atoms with Gasteiger partial charge in [0.2, 0.25) is 5.91 Å². The number of rotatable bonds is 4. The standard InChI is InChI=1S/C9H13ClN2O2/c1-3-8-7(6(2)12-14-8)5-11-9(13)4-10/h3-5H2,1-2H3,(H,11,13). The van der Waals surface area contributed by atoms with Gasteiger partial charge in [0.25, 0.3) is 0 Å². The normalized spacial score (nSPS) is 10.2. The van der Waals surface area contributed by atoms with E-state index in [2.05, 4.69) is 10.5 Å². The number of aromatic nitrogens is 1. The van der Waals surface area contributed by atoms with Crippen LogP contribution in [-0.4, -0.2) is 16.9 Å². The average Bonchev–Trinajstić information content (AvgIpc) is 2.55. The second-order valence-corrected chi connectivity index (χ2v) is 3.20. The highest BCUT2D eigenvalue weighted by atomic mass is 35.5. The molecule has 1 amide bonds. The maximum Gasteiger partial charge on any atom is 0.235 e. The Balaban J connectivity index is 2.65. The number of carbonyl (C=O) groups is 1. The number of aryl methyl sites for hydroxylation is 2. The Kier molecular flexibility index (Phi) is 3.95. The van der Waals surface area contributed by atoms with Gasteiger partial charge in [-0.25, -0.2) is 0 Å². The first-order chi connectivity index (χ1) is 6.69. The van der Waals surface area contributed by atoms with Gasteiger partial charge in [-0.1, -0.05) is 12.1 Å². The van der Waals surface area contributed by atoms with Crippen LogP contribution in [0.3, 0.4) is 0 Å². The summed E-state index contributed by atoms with van der Waals surface area (Å²) in [5.41, 5.74) is 1.77. The molecule has 1 heterocycles. The third-order valence-corrected chi connectivity index (χ3v) is 2.21. The third-order valence-electron chi connectivity index (χ3n) is 1.97. The molecule has 1 N–H and O–H groups in total. The van der Waals surface area contributed by atoms with Crippen molar-refractivity contribution in [1.29, 1.82) is 0 Å². The highest BCUT2D eigenvalue weighted by Crippen LogP contribution is 2.13. The summed E-state index contributed by atoms with van der Waals surface area (Å²) in [5, 5.41) is 6.51. The van der Waals surface area contributed by atoms with E-state index < -0.39 is 0 Å². The maximum atomic E-state index is 10.9. The second kappa shape index (κ2) is 5.00. The van der Waals surface area contributed by atoms with Crippen LogP contribution in [0.1, 0.15) is 23.9 Å². The number of nitrogens with zero attached hydrogens (tertiary/aromatic N) is 1. The van der Waals surface area contributed by atoms with Crippen LogP contribution in [0.25, 0.3) is 0 Å².